The summed E-state index contributed by atoms with van der Waals surface area (Å²) >= 11 is 0. The average Bonchev–Trinajstić information content (AvgIpc) is 4.13. The Morgan fingerprint density at radius 1 is 0.655 bits per heavy atom. The molecular weight excluding hydrogens is 1130 g/mol. The number of esters is 1. The number of hydrogen-bond acceptors (Lipinski definition) is 19. The number of likely N-dealkylation sites (N-methyl/N-ethyl adjacent to an activating group) is 1. The molecule has 488 valence electrons. The lowest BCUT2D eigenvalue weighted by molar-refractivity contribution is -0.156. The van der Waals surface area contributed by atoms with E-state index in [1.165, 1.54) is 13.8 Å². The second-order valence-corrected chi connectivity index (χ2v) is 22.8. The van der Waals surface area contributed by atoms with Crippen LogP contribution in [0, 0.1) is 23.7 Å². The molecule has 87 heavy (non-hydrogen) atoms. The minimum Gasteiger partial charge on any atom is -0.459 e. The lowest BCUT2D eigenvalue weighted by Gasteiger charge is -2.32. The summed E-state index contributed by atoms with van der Waals surface area (Å²) in [6.07, 6.45) is -0.112. The van der Waals surface area contributed by atoms with Crippen molar-refractivity contribution in [2.75, 3.05) is 33.4 Å². The summed E-state index contributed by atoms with van der Waals surface area (Å²) in [4.78, 5) is 156. The maximum Gasteiger partial charge on any atom is 0.329 e. The van der Waals surface area contributed by atoms with E-state index in [1.807, 2.05) is 37.3 Å². The van der Waals surface area contributed by atoms with Gasteiger partial charge in [0.25, 0.3) is 0 Å². The Morgan fingerprint density at radius 3 is 1.63 bits per heavy atom. The number of cyclic esters (lactones) is 1. The number of rotatable bonds is 32. The van der Waals surface area contributed by atoms with Gasteiger partial charge in [-0.2, -0.15) is 0 Å². The van der Waals surface area contributed by atoms with E-state index in [4.69, 9.17) is 16.2 Å². The van der Waals surface area contributed by atoms with Crippen molar-refractivity contribution in [2.45, 2.75) is 199 Å². The highest BCUT2D eigenvalue weighted by molar-refractivity contribution is 5.98. The van der Waals surface area contributed by atoms with Gasteiger partial charge >= 0.3 is 5.97 Å². The number of aliphatic hydroxyl groups excluding tert-OH is 2. The fraction of sp³-hybridized carbons (Fsp3) is 0.690. The minimum atomic E-state index is -1.67. The van der Waals surface area contributed by atoms with E-state index >= 15 is 0 Å². The molecule has 3 rings (SSSR count). The summed E-state index contributed by atoms with van der Waals surface area (Å²) < 4.78 is 5.88. The highest BCUT2D eigenvalue weighted by Crippen LogP contribution is 2.18. The van der Waals surface area contributed by atoms with Crippen LogP contribution in [0.1, 0.15) is 120 Å². The van der Waals surface area contributed by atoms with Gasteiger partial charge in [-0.1, -0.05) is 111 Å². The number of ether oxygens (including phenoxy) is 1. The van der Waals surface area contributed by atoms with Crippen molar-refractivity contribution in [1.82, 2.24) is 63.8 Å². The molecule has 2 aliphatic heterocycles. The number of benzene rings is 1. The van der Waals surface area contributed by atoms with Gasteiger partial charge < -0.3 is 90.2 Å². The Hall–Kier alpha value is -7.50. The molecule has 1 fully saturated rings. The summed E-state index contributed by atoms with van der Waals surface area (Å²) in [6, 6.07) is -5.20. The van der Waals surface area contributed by atoms with Gasteiger partial charge in [0, 0.05) is 25.9 Å². The van der Waals surface area contributed by atoms with Crippen LogP contribution in [0.5, 0.6) is 0 Å². The molecule has 0 bridgehead atoms. The maximum atomic E-state index is 14.4. The molecule has 1 aromatic carbocycles. The Balaban J connectivity index is 1.83. The zero-order valence-corrected chi connectivity index (χ0v) is 52.1. The molecule has 2 aliphatic rings. The van der Waals surface area contributed by atoms with E-state index in [0.717, 1.165) is 5.56 Å². The summed E-state index contributed by atoms with van der Waals surface area (Å²) in [5.74, 6) is -10.9. The Bertz CT molecular complexity index is 2530. The average molecular weight is 1230 g/mol. The Morgan fingerprint density at radius 2 is 1.15 bits per heavy atom. The highest BCUT2D eigenvalue weighted by Gasteiger charge is 2.40. The summed E-state index contributed by atoms with van der Waals surface area (Å²) in [7, 11) is 1.60. The fourth-order valence-corrected chi connectivity index (χ4v) is 9.49. The topological polar surface area (TPSA) is 446 Å². The van der Waals surface area contributed by atoms with E-state index in [0.29, 0.717) is 38.6 Å². The number of aliphatic hydroxyl groups is 2. The molecule has 0 aliphatic carbocycles. The molecule has 0 aromatic heterocycles. The third kappa shape index (κ3) is 22.9. The number of guanidine groups is 1. The first-order valence-corrected chi connectivity index (χ1v) is 30.1. The molecule has 29 heteroatoms. The van der Waals surface area contributed by atoms with Gasteiger partial charge in [-0.3, -0.25) is 47.9 Å². The zero-order chi connectivity index (χ0) is 65.2. The second kappa shape index (κ2) is 36.6. The Kier molecular flexibility index (Phi) is 31.0. The van der Waals surface area contributed by atoms with E-state index < -0.39 is 187 Å². The number of aliphatic imine (C=N–C) groups is 1. The zero-order valence-electron chi connectivity index (χ0n) is 52.1. The van der Waals surface area contributed by atoms with Gasteiger partial charge in [0.05, 0.1) is 37.4 Å². The molecule has 17 atom stereocenters. The number of nitrogens with zero attached hydrogens (tertiary/aromatic N) is 1. The third-order valence-electron chi connectivity index (χ3n) is 16.3. The van der Waals surface area contributed by atoms with Crippen molar-refractivity contribution in [1.29, 1.82) is 0 Å². The molecule has 29 nitrogen and oxygen atoms in total. The quantitative estimate of drug-likeness (QED) is 0.0308. The first-order chi connectivity index (χ1) is 41.2. The molecule has 0 unspecified atom stereocenters. The lowest BCUT2D eigenvalue weighted by atomic mass is 9.94. The van der Waals surface area contributed by atoms with Gasteiger partial charge in [0.15, 0.2) is 5.96 Å². The number of amides is 10. The molecule has 0 saturated carbocycles. The van der Waals surface area contributed by atoms with Crippen molar-refractivity contribution in [3.05, 3.63) is 35.9 Å². The summed E-state index contributed by atoms with van der Waals surface area (Å²) in [5.41, 5.74) is 12.1. The van der Waals surface area contributed by atoms with Gasteiger partial charge in [-0.15, -0.1) is 0 Å². The normalized spacial score (nSPS) is 22.9. The number of nitrogens with one attached hydrogen (secondary N) is 12. The Labute approximate surface area is 509 Å². The van der Waals surface area contributed by atoms with Crippen molar-refractivity contribution < 1.29 is 67.7 Å². The third-order valence-corrected chi connectivity index (χ3v) is 16.3. The van der Waals surface area contributed by atoms with Gasteiger partial charge in [-0.25, -0.2) is 9.79 Å². The molecule has 10 amide bonds. The molecule has 1 aromatic rings. The number of hydrogen-bond donors (Lipinski definition) is 16. The van der Waals surface area contributed by atoms with E-state index in [2.05, 4.69) is 68.8 Å². The van der Waals surface area contributed by atoms with Crippen LogP contribution in [0.2, 0.25) is 0 Å². The molecule has 1 saturated heterocycles. The SMILES string of the molecule is CC[C@H](C)[C@H](NC(=O)[C@@H](Cc1ccccc1)NC)C(=O)N[C@@H](CO)C(=O)N[C@H](CCC(N)=O)C(=O)N[C@@H](C(=O)N[C@H](C(=O)N[C@@H](CO)C(=O)N[C@@H]1CN[C@@H](C)C(=O)N[C@@H](C[C@H]2CNC(N)=N2)C(=O)N[C@@H]([C@@H](C)CC)C(=O)O[C@H]1C)[C@@H](C)CC)[C@@H](C)CC. The van der Waals surface area contributed by atoms with E-state index in [9.17, 15) is 63.0 Å². The van der Waals surface area contributed by atoms with Crippen molar-refractivity contribution >= 4 is 71.0 Å². The van der Waals surface area contributed by atoms with Crippen LogP contribution >= 0.6 is 0 Å². The number of carbonyl (C=O) groups excluding carboxylic acids is 11. The first kappa shape index (κ1) is 73.8. The first-order valence-electron chi connectivity index (χ1n) is 30.1. The molecular formula is C58H97N15O14. The fourth-order valence-electron chi connectivity index (χ4n) is 9.49. The van der Waals surface area contributed by atoms with Crippen LogP contribution in [0.3, 0.4) is 0 Å². The second-order valence-electron chi connectivity index (χ2n) is 22.8. The van der Waals surface area contributed by atoms with Crippen LogP contribution in [-0.4, -0.2) is 193 Å². The largest absolute Gasteiger partial charge is 0.459 e. The minimum absolute atomic E-state index is 0.0547. The standard InChI is InChI=1S/C58H97N15O14/c1-12-29(5)44(71-50(79)38(61-11)23-35-19-17-16-18-20-35)54(83)68-41(27-74)52(81)65-37(21-22-43(59)76)49(78)70-46(31(7)14-3)56(85)72-45(30(6)13-2)55(84)69-42(28-75)53(82)67-40-26-62-33(9)48(77)66-39(24-36-25-63-58(60)64-36)51(80)73-47(32(8)15-4)57(86)87-34(40)10/h16-20,29-34,36-42,44-47,61-62,74-75H,12-15,21-28H2,1-11H3,(H2,59,76)(H,65,81)(H,66,77)(H,67,82)(H,68,83)(H,69,84)(H,70,78)(H,71,79)(H,72,85)(H,73,80)(H3,60,63,64)/t29-,30-,31-,32-,33-,34-,36-,37+,38+,39-,40+,41-,42-,44-,45-,46+,47-/m0/s1. The van der Waals surface area contributed by atoms with Crippen LogP contribution in [-0.2, 0) is 63.9 Å². The molecule has 18 N–H and O–H groups in total. The lowest BCUT2D eigenvalue weighted by Crippen LogP contribution is -2.63. The van der Waals surface area contributed by atoms with E-state index in [1.54, 1.807) is 55.5 Å². The van der Waals surface area contributed by atoms with Gasteiger partial charge in [0.2, 0.25) is 59.1 Å². The van der Waals surface area contributed by atoms with Crippen LogP contribution in [0.4, 0.5) is 0 Å². The van der Waals surface area contributed by atoms with Crippen molar-refractivity contribution in [3.8, 4) is 0 Å². The monoisotopic (exact) mass is 1230 g/mol. The molecule has 0 spiro atoms. The van der Waals surface area contributed by atoms with Crippen LogP contribution in [0.25, 0.3) is 0 Å². The highest BCUT2D eigenvalue weighted by atomic mass is 16.5. The number of primary amides is 1. The molecule has 2 heterocycles. The summed E-state index contributed by atoms with van der Waals surface area (Å²) in [5, 5.41) is 53.5. The van der Waals surface area contributed by atoms with Crippen molar-refractivity contribution in [3.63, 3.8) is 0 Å². The van der Waals surface area contributed by atoms with Crippen LogP contribution in [0.15, 0.2) is 35.3 Å². The predicted molar refractivity (Wildman–Crippen MR) is 322 cm³/mol. The van der Waals surface area contributed by atoms with Gasteiger partial charge in [-0.05, 0) is 63.0 Å². The molecule has 0 radical (unpaired) electrons. The summed E-state index contributed by atoms with van der Waals surface area (Å²) in [6.45, 7) is 15.1. The maximum absolute atomic E-state index is 14.4. The smallest absolute Gasteiger partial charge is 0.329 e. The van der Waals surface area contributed by atoms with Crippen molar-refractivity contribution in [2.24, 2.45) is 40.1 Å². The van der Waals surface area contributed by atoms with Gasteiger partial charge in [0.1, 0.15) is 54.4 Å². The van der Waals surface area contributed by atoms with Crippen LogP contribution < -0.4 is 75.3 Å². The van der Waals surface area contributed by atoms with E-state index in [-0.39, 0.29) is 25.3 Å². The number of carbonyl (C=O) groups is 11. The number of nitrogens with two attached hydrogens (primary N) is 2. The predicted octanol–water partition coefficient (Wildman–Crippen LogP) is -3.79.